The van der Waals surface area contributed by atoms with Gasteiger partial charge in [0.2, 0.25) is 11.8 Å². The monoisotopic (exact) mass is 329 g/mol. The van der Waals surface area contributed by atoms with Gasteiger partial charge in [-0.25, -0.2) is 4.98 Å². The number of nitrogens with zero attached hydrogens (tertiary/aromatic N) is 7. The van der Waals surface area contributed by atoms with Gasteiger partial charge in [0.05, 0.1) is 6.54 Å². The van der Waals surface area contributed by atoms with Crippen molar-refractivity contribution in [1.82, 2.24) is 25.0 Å². The van der Waals surface area contributed by atoms with Gasteiger partial charge in [0.1, 0.15) is 5.82 Å². The van der Waals surface area contributed by atoms with E-state index >= 15 is 0 Å². The molecule has 0 aromatic carbocycles. The summed E-state index contributed by atoms with van der Waals surface area (Å²) in [6.07, 6.45) is 4.39. The number of aromatic nitrogens is 4. The van der Waals surface area contributed by atoms with Crippen LogP contribution in [0.2, 0.25) is 0 Å². The SMILES string of the molecule is Cc1noc(CN2CCN(c3nccc(N4CCCC4)n3)CC2)n1. The average molecular weight is 329 g/mol. The number of anilines is 2. The molecule has 0 atom stereocenters. The van der Waals surface area contributed by atoms with Crippen molar-refractivity contribution >= 4 is 11.8 Å². The summed E-state index contributed by atoms with van der Waals surface area (Å²) < 4.78 is 5.20. The zero-order valence-corrected chi connectivity index (χ0v) is 14.1. The Morgan fingerprint density at radius 2 is 1.79 bits per heavy atom. The minimum atomic E-state index is 0.688. The third kappa shape index (κ3) is 3.33. The highest BCUT2D eigenvalue weighted by Crippen LogP contribution is 2.20. The molecule has 0 unspecified atom stereocenters. The Bertz CT molecular complexity index is 675. The van der Waals surface area contributed by atoms with Crippen molar-refractivity contribution in [2.75, 3.05) is 49.1 Å². The van der Waals surface area contributed by atoms with Crippen molar-refractivity contribution in [3.8, 4) is 0 Å². The van der Waals surface area contributed by atoms with Crippen LogP contribution in [0.4, 0.5) is 11.8 Å². The largest absolute Gasteiger partial charge is 0.356 e. The maximum Gasteiger partial charge on any atom is 0.240 e. The highest BCUT2D eigenvalue weighted by atomic mass is 16.5. The van der Waals surface area contributed by atoms with E-state index in [1.165, 1.54) is 12.8 Å². The molecule has 2 aromatic heterocycles. The Kier molecular flexibility index (Phi) is 4.29. The van der Waals surface area contributed by atoms with Crippen molar-refractivity contribution in [2.45, 2.75) is 26.3 Å². The number of rotatable bonds is 4. The van der Waals surface area contributed by atoms with Crippen LogP contribution in [-0.4, -0.2) is 64.3 Å². The average Bonchev–Trinajstić information content (AvgIpc) is 3.28. The van der Waals surface area contributed by atoms with Crippen LogP contribution < -0.4 is 9.80 Å². The van der Waals surface area contributed by atoms with E-state index in [2.05, 4.69) is 29.8 Å². The van der Waals surface area contributed by atoms with Gasteiger partial charge >= 0.3 is 0 Å². The third-order valence-corrected chi connectivity index (χ3v) is 4.64. The Morgan fingerprint density at radius 3 is 2.50 bits per heavy atom. The lowest BCUT2D eigenvalue weighted by molar-refractivity contribution is 0.214. The molecule has 0 N–H and O–H groups in total. The van der Waals surface area contributed by atoms with Crippen molar-refractivity contribution in [2.24, 2.45) is 0 Å². The fourth-order valence-electron chi connectivity index (χ4n) is 3.32. The second-order valence-corrected chi connectivity index (χ2v) is 6.41. The van der Waals surface area contributed by atoms with E-state index in [4.69, 9.17) is 9.51 Å². The lowest BCUT2D eigenvalue weighted by Gasteiger charge is -2.34. The normalized spacial score (nSPS) is 19.2. The molecule has 4 rings (SSSR count). The second-order valence-electron chi connectivity index (χ2n) is 6.41. The Balaban J connectivity index is 1.36. The molecule has 0 saturated carbocycles. The predicted molar refractivity (Wildman–Crippen MR) is 90.0 cm³/mol. The van der Waals surface area contributed by atoms with Gasteiger partial charge < -0.3 is 14.3 Å². The lowest BCUT2D eigenvalue weighted by Crippen LogP contribution is -2.46. The maximum absolute atomic E-state index is 5.20. The van der Waals surface area contributed by atoms with E-state index in [0.717, 1.165) is 51.0 Å². The summed E-state index contributed by atoms with van der Waals surface area (Å²) in [6.45, 7) is 8.48. The molecule has 2 aliphatic rings. The molecule has 2 fully saturated rings. The number of aryl methyl sites for hydroxylation is 1. The first-order valence-corrected chi connectivity index (χ1v) is 8.62. The Morgan fingerprint density at radius 1 is 1.00 bits per heavy atom. The van der Waals surface area contributed by atoms with Gasteiger partial charge in [-0.3, -0.25) is 4.90 Å². The van der Waals surface area contributed by atoms with E-state index < -0.39 is 0 Å². The minimum Gasteiger partial charge on any atom is -0.356 e. The predicted octanol–water partition coefficient (Wildman–Crippen LogP) is 1.09. The molecule has 0 amide bonds. The Hall–Kier alpha value is -2.22. The van der Waals surface area contributed by atoms with Crippen LogP contribution in [0.15, 0.2) is 16.8 Å². The van der Waals surface area contributed by atoms with Crippen LogP contribution >= 0.6 is 0 Å². The van der Waals surface area contributed by atoms with Gasteiger partial charge in [-0.2, -0.15) is 9.97 Å². The fraction of sp³-hybridized carbons (Fsp3) is 0.625. The van der Waals surface area contributed by atoms with Crippen LogP contribution in [0.25, 0.3) is 0 Å². The van der Waals surface area contributed by atoms with Crippen molar-refractivity contribution in [3.63, 3.8) is 0 Å². The van der Waals surface area contributed by atoms with E-state index in [1.54, 1.807) is 0 Å². The highest BCUT2D eigenvalue weighted by molar-refractivity contribution is 5.44. The Labute approximate surface area is 141 Å². The second kappa shape index (κ2) is 6.72. The van der Waals surface area contributed by atoms with Gasteiger partial charge in [-0.1, -0.05) is 5.16 Å². The van der Waals surface area contributed by atoms with Gasteiger partial charge in [0, 0.05) is 45.5 Å². The van der Waals surface area contributed by atoms with E-state index in [9.17, 15) is 0 Å². The summed E-state index contributed by atoms with van der Waals surface area (Å²) in [5.41, 5.74) is 0. The maximum atomic E-state index is 5.20. The fourth-order valence-corrected chi connectivity index (χ4v) is 3.32. The van der Waals surface area contributed by atoms with Crippen molar-refractivity contribution in [3.05, 3.63) is 24.0 Å². The summed E-state index contributed by atoms with van der Waals surface area (Å²) in [5, 5.41) is 3.84. The summed E-state index contributed by atoms with van der Waals surface area (Å²) in [6, 6.07) is 2.02. The summed E-state index contributed by atoms with van der Waals surface area (Å²) in [7, 11) is 0. The van der Waals surface area contributed by atoms with Crippen LogP contribution in [-0.2, 0) is 6.54 Å². The minimum absolute atomic E-state index is 0.688. The van der Waals surface area contributed by atoms with Crippen molar-refractivity contribution in [1.29, 1.82) is 0 Å². The first-order valence-electron chi connectivity index (χ1n) is 8.62. The topological polar surface area (TPSA) is 74.4 Å². The number of hydrogen-bond donors (Lipinski definition) is 0. The molecular formula is C16H23N7O. The summed E-state index contributed by atoms with van der Waals surface area (Å²) in [5.74, 6) is 3.28. The number of hydrogen-bond acceptors (Lipinski definition) is 8. The molecular weight excluding hydrogens is 306 g/mol. The zero-order chi connectivity index (χ0) is 16.4. The van der Waals surface area contributed by atoms with Crippen LogP contribution in [0.3, 0.4) is 0 Å². The molecule has 0 bridgehead atoms. The molecule has 0 spiro atoms. The van der Waals surface area contributed by atoms with Gasteiger partial charge in [-0.05, 0) is 25.8 Å². The molecule has 4 heterocycles. The molecule has 8 heteroatoms. The lowest BCUT2D eigenvalue weighted by atomic mass is 10.3. The standard InChI is InChI=1S/C16H23N7O/c1-13-18-15(24-20-13)12-21-8-10-23(11-9-21)16-17-5-4-14(19-16)22-6-2-3-7-22/h4-5H,2-3,6-12H2,1H3. The smallest absolute Gasteiger partial charge is 0.240 e. The number of piperazine rings is 1. The summed E-state index contributed by atoms with van der Waals surface area (Å²) in [4.78, 5) is 20.5. The highest BCUT2D eigenvalue weighted by Gasteiger charge is 2.22. The van der Waals surface area contributed by atoms with Crippen LogP contribution in [0.1, 0.15) is 24.6 Å². The molecule has 0 aliphatic carbocycles. The van der Waals surface area contributed by atoms with Crippen LogP contribution in [0, 0.1) is 6.92 Å². The quantitative estimate of drug-likeness (QED) is 0.825. The zero-order valence-electron chi connectivity index (χ0n) is 14.1. The van der Waals surface area contributed by atoms with E-state index in [-0.39, 0.29) is 0 Å². The third-order valence-electron chi connectivity index (χ3n) is 4.64. The molecule has 2 aliphatic heterocycles. The van der Waals surface area contributed by atoms with E-state index in [0.29, 0.717) is 18.3 Å². The van der Waals surface area contributed by atoms with Gasteiger partial charge in [-0.15, -0.1) is 0 Å². The molecule has 24 heavy (non-hydrogen) atoms. The van der Waals surface area contributed by atoms with Gasteiger partial charge in [0.15, 0.2) is 5.82 Å². The first-order chi connectivity index (χ1) is 11.8. The molecule has 8 nitrogen and oxygen atoms in total. The van der Waals surface area contributed by atoms with Crippen molar-refractivity contribution < 1.29 is 4.52 Å². The van der Waals surface area contributed by atoms with E-state index in [1.807, 2.05) is 19.2 Å². The summed E-state index contributed by atoms with van der Waals surface area (Å²) >= 11 is 0. The van der Waals surface area contributed by atoms with Crippen LogP contribution in [0.5, 0.6) is 0 Å². The van der Waals surface area contributed by atoms with Gasteiger partial charge in [0.25, 0.3) is 0 Å². The molecule has 0 radical (unpaired) electrons. The first kappa shape index (κ1) is 15.3. The molecule has 128 valence electrons. The molecule has 2 saturated heterocycles. The molecule has 2 aromatic rings.